The third-order valence-corrected chi connectivity index (χ3v) is 33.8. The number of rotatable bonds is 11. The van der Waals surface area contributed by atoms with Gasteiger partial charge in [-0.1, -0.05) is 322 Å². The Bertz CT molecular complexity index is 11000. The smallest absolute Gasteiger partial charge is 0.0555 e. The van der Waals surface area contributed by atoms with Gasteiger partial charge in [0, 0.05) is 142 Å². The van der Waals surface area contributed by atoms with E-state index >= 15 is 0 Å². The van der Waals surface area contributed by atoms with Crippen LogP contribution in [0.1, 0.15) is 0 Å². The third kappa shape index (κ3) is 13.6. The zero-order chi connectivity index (χ0) is 96.4. The number of hydrogen-bond donors (Lipinski definition) is 0. The summed E-state index contributed by atoms with van der Waals surface area (Å²) in [4.78, 5) is 0. The number of fused-ring (bicyclic) bond motifs is 27. The van der Waals surface area contributed by atoms with Crippen molar-refractivity contribution in [3.05, 3.63) is 522 Å². The van der Waals surface area contributed by atoms with Crippen molar-refractivity contribution in [1.82, 2.24) is 27.4 Å². The number of para-hydroxylation sites is 7. The van der Waals surface area contributed by atoms with Crippen LogP contribution in [0, 0.1) is 0 Å². The van der Waals surface area contributed by atoms with E-state index in [4.69, 9.17) is 0 Å². The molecule has 0 unspecified atom stereocenters. The Balaban J connectivity index is 0.000000102. The standard InChI is InChI=1S/2C48H30N2S.C42H26N2S/c1-2-12-31(13-3-1)32-14-10-15-35(28-32)49-41-19-7-4-16-36(41)39-29-33(24-26-43(39)49)34-25-27-44-40(30-34)37-17-5-8-20-42(37)50(44)45-21-11-23-47-48(45)38-18-6-9-22-46(38)51-47;1-2-11-31(12-3-1)32-21-25-35(26-22-32)49-41-16-7-4-13-36(41)39-29-33(23-27-43(39)49)34-24-28-44-40(30-34)37-14-5-8-17-42(37)50(44)45-18-10-20-47-48(45)38-15-6-9-19-46(38)51-47;1-2-11-29(12-3-1)43-35-16-7-4-13-30(35)33-25-27(21-23-37(33)43)28-22-24-38-34(26-28)31-14-5-8-17-36(31)44(38)39-18-10-20-41-42(39)32-15-6-9-19-40(32)45-41/h2*1-30H;1-26H. The average molecular weight is 1920 g/mol. The van der Waals surface area contributed by atoms with Crippen molar-refractivity contribution in [3.8, 4) is 89.8 Å². The molecule has 0 N–H and O–H groups in total. The van der Waals surface area contributed by atoms with Gasteiger partial charge in [0.25, 0.3) is 0 Å². The van der Waals surface area contributed by atoms with Gasteiger partial charge >= 0.3 is 0 Å². The van der Waals surface area contributed by atoms with Gasteiger partial charge in [-0.15, -0.1) is 34.0 Å². The van der Waals surface area contributed by atoms with Crippen LogP contribution >= 0.6 is 34.0 Å². The zero-order valence-electron chi connectivity index (χ0n) is 79.6. The lowest BCUT2D eigenvalue weighted by Crippen LogP contribution is -1.94. The minimum atomic E-state index is 1.16. The minimum Gasteiger partial charge on any atom is -0.309 e. The van der Waals surface area contributed by atoms with Gasteiger partial charge in [0.15, 0.2) is 0 Å². The molecule has 23 aromatic carbocycles. The largest absolute Gasteiger partial charge is 0.309 e. The van der Waals surface area contributed by atoms with Crippen molar-refractivity contribution in [2.24, 2.45) is 0 Å². The molecule has 0 aliphatic carbocycles. The lowest BCUT2D eigenvalue weighted by atomic mass is 10.0. The summed E-state index contributed by atoms with van der Waals surface area (Å²) in [7, 11) is 0. The monoisotopic (exact) mass is 1920 g/mol. The predicted octanol–water partition coefficient (Wildman–Crippen LogP) is 39.1. The average Bonchev–Trinajstić information content (AvgIpc) is 1.57. The summed E-state index contributed by atoms with van der Waals surface area (Å²) in [5, 5.41) is 23.1. The third-order valence-electron chi connectivity index (χ3n) is 30.4. The van der Waals surface area contributed by atoms with E-state index in [1.54, 1.807) is 0 Å². The van der Waals surface area contributed by atoms with Crippen molar-refractivity contribution in [3.63, 3.8) is 0 Å². The van der Waals surface area contributed by atoms with Crippen molar-refractivity contribution >= 4 is 225 Å². The Morgan fingerprint density at radius 3 is 0.626 bits per heavy atom. The molecule has 9 aromatic heterocycles. The van der Waals surface area contributed by atoms with Crippen molar-refractivity contribution in [2.45, 2.75) is 0 Å². The van der Waals surface area contributed by atoms with Gasteiger partial charge in [0.2, 0.25) is 0 Å². The molecule has 0 aliphatic heterocycles. The molecular weight excluding hydrogens is 1840 g/mol. The van der Waals surface area contributed by atoms with E-state index in [9.17, 15) is 0 Å². The van der Waals surface area contributed by atoms with E-state index in [2.05, 4.69) is 549 Å². The molecule has 0 fully saturated rings. The van der Waals surface area contributed by atoms with Crippen molar-refractivity contribution < 1.29 is 0 Å². The van der Waals surface area contributed by atoms with Crippen LogP contribution in [0.3, 0.4) is 0 Å². The first-order valence-electron chi connectivity index (χ1n) is 50.2. The number of benzene rings is 23. The maximum Gasteiger partial charge on any atom is 0.0555 e. The maximum absolute atomic E-state index is 2.47. The predicted molar refractivity (Wildman–Crippen MR) is 631 cm³/mol. The van der Waals surface area contributed by atoms with E-state index in [1.807, 2.05) is 34.0 Å². The highest BCUT2D eigenvalue weighted by molar-refractivity contribution is 7.26. The molecule has 0 amide bonds. The number of thiophene rings is 3. The van der Waals surface area contributed by atoms with Gasteiger partial charge in [-0.3, -0.25) is 0 Å². The van der Waals surface area contributed by atoms with Gasteiger partial charge < -0.3 is 27.4 Å². The SMILES string of the molecule is c1ccc(-c2ccc(-n3c4ccccc4c4cc(-c5ccc6c(c5)c5ccccc5n6-c5cccc6sc7ccccc7c56)ccc43)cc2)cc1.c1ccc(-c2cccc(-n3c4ccccc4c4cc(-c5ccc6c(c5)c5ccccc5n6-c5cccc6sc7ccccc7c56)ccc43)c2)cc1.c1ccc(-n2c3ccccc3c3cc(-c4ccc5c(c4)c4ccccc4n5-c4cccc5sc6ccccc6c45)ccc32)cc1. The van der Waals surface area contributed by atoms with E-state index in [0.29, 0.717) is 0 Å². The highest BCUT2D eigenvalue weighted by atomic mass is 32.1. The van der Waals surface area contributed by atoms with Crippen LogP contribution in [0.25, 0.3) is 281 Å². The van der Waals surface area contributed by atoms with Crippen LogP contribution in [0.15, 0.2) is 522 Å². The second-order valence-corrected chi connectivity index (χ2v) is 41.7. The van der Waals surface area contributed by atoms with Gasteiger partial charge in [-0.2, -0.15) is 0 Å². The lowest BCUT2D eigenvalue weighted by molar-refractivity contribution is 1.18. The highest BCUT2D eigenvalue weighted by Gasteiger charge is 2.26. The van der Waals surface area contributed by atoms with Gasteiger partial charge in [-0.25, -0.2) is 0 Å². The van der Waals surface area contributed by atoms with E-state index < -0.39 is 0 Å². The molecule has 32 rings (SSSR count). The summed E-state index contributed by atoms with van der Waals surface area (Å²) in [6.45, 7) is 0. The maximum atomic E-state index is 2.47. The minimum absolute atomic E-state index is 1.16. The second kappa shape index (κ2) is 34.1. The fourth-order valence-electron chi connectivity index (χ4n) is 23.8. The number of nitrogens with zero attached hydrogens (tertiary/aromatic N) is 6. The summed E-state index contributed by atoms with van der Waals surface area (Å²) >= 11 is 5.61. The van der Waals surface area contributed by atoms with Crippen LogP contribution < -0.4 is 0 Å². The van der Waals surface area contributed by atoms with Gasteiger partial charge in [0.1, 0.15) is 0 Å². The molecule has 147 heavy (non-hydrogen) atoms. The topological polar surface area (TPSA) is 29.6 Å². The normalized spacial score (nSPS) is 11.9. The molecule has 0 radical (unpaired) electrons. The van der Waals surface area contributed by atoms with Gasteiger partial charge in [0.05, 0.1) is 83.3 Å². The Morgan fingerprint density at radius 2 is 0.306 bits per heavy atom. The molecule has 9 heteroatoms. The van der Waals surface area contributed by atoms with Crippen LogP contribution in [0.2, 0.25) is 0 Å². The first kappa shape index (κ1) is 84.2. The first-order chi connectivity index (χ1) is 72.9. The highest BCUT2D eigenvalue weighted by Crippen LogP contribution is 2.50. The van der Waals surface area contributed by atoms with Crippen LogP contribution in [-0.4, -0.2) is 27.4 Å². The van der Waals surface area contributed by atoms with E-state index in [-0.39, 0.29) is 0 Å². The quantitative estimate of drug-likeness (QED) is 0.124. The van der Waals surface area contributed by atoms with Gasteiger partial charge in [-0.05, 0) is 256 Å². The molecular formula is C138H86N6S3. The molecule has 0 aliphatic rings. The van der Waals surface area contributed by atoms with E-state index in [1.165, 1.54) is 270 Å². The number of hydrogen-bond acceptors (Lipinski definition) is 3. The molecule has 0 atom stereocenters. The Morgan fingerprint density at radius 1 is 0.109 bits per heavy atom. The fourth-order valence-corrected chi connectivity index (χ4v) is 27.2. The fraction of sp³-hybridized carbons (Fsp3) is 0. The molecule has 0 spiro atoms. The molecule has 686 valence electrons. The molecule has 32 aromatic rings. The number of aromatic nitrogens is 6. The molecule has 0 saturated carbocycles. The van der Waals surface area contributed by atoms with E-state index in [0.717, 1.165) is 11.4 Å². The van der Waals surface area contributed by atoms with Crippen molar-refractivity contribution in [2.75, 3.05) is 0 Å². The Kier molecular flexibility index (Phi) is 19.6. The summed E-state index contributed by atoms with van der Waals surface area (Å²) in [5.41, 5.74) is 34.1. The summed E-state index contributed by atoms with van der Waals surface area (Å²) in [5.74, 6) is 0. The Labute approximate surface area is 857 Å². The molecule has 0 saturated heterocycles. The van der Waals surface area contributed by atoms with Crippen molar-refractivity contribution in [1.29, 1.82) is 0 Å². The molecule has 9 heterocycles. The summed E-state index contributed by atoms with van der Waals surface area (Å²) in [6.07, 6.45) is 0. The van der Waals surface area contributed by atoms with Crippen LogP contribution in [0.4, 0.5) is 0 Å². The zero-order valence-corrected chi connectivity index (χ0v) is 82.0. The molecule has 6 nitrogen and oxygen atoms in total. The van der Waals surface area contributed by atoms with Crippen LogP contribution in [-0.2, 0) is 0 Å². The summed E-state index contributed by atoms with van der Waals surface area (Å²) < 4.78 is 22.5. The summed E-state index contributed by atoms with van der Waals surface area (Å²) in [6, 6.07) is 191. The Hall–Kier alpha value is -18.5. The second-order valence-electron chi connectivity index (χ2n) is 38.4. The lowest BCUT2D eigenvalue weighted by Gasteiger charge is -2.11. The molecule has 0 bridgehead atoms. The van der Waals surface area contributed by atoms with Crippen LogP contribution in [0.5, 0.6) is 0 Å². The first-order valence-corrected chi connectivity index (χ1v) is 52.7.